The van der Waals surface area contributed by atoms with Crippen LogP contribution in [0.2, 0.25) is 0 Å². The number of carboxylic acid groups (broad SMARTS) is 1. The molecule has 0 radical (unpaired) electrons. The molecule has 1 aliphatic heterocycles. The zero-order valence-electron chi connectivity index (χ0n) is 13.7. The van der Waals surface area contributed by atoms with Crippen LogP contribution in [-0.2, 0) is 16.0 Å². The lowest BCUT2D eigenvalue weighted by Gasteiger charge is -2.17. The second kappa shape index (κ2) is 6.63. The van der Waals surface area contributed by atoms with Gasteiger partial charge in [0.25, 0.3) is 0 Å². The van der Waals surface area contributed by atoms with Gasteiger partial charge >= 0.3 is 5.97 Å². The van der Waals surface area contributed by atoms with E-state index in [9.17, 15) is 14.4 Å². The van der Waals surface area contributed by atoms with E-state index in [0.29, 0.717) is 37.8 Å². The van der Waals surface area contributed by atoms with Gasteiger partial charge in [0.15, 0.2) is 0 Å². The van der Waals surface area contributed by atoms with Crippen LogP contribution in [-0.4, -0.2) is 46.4 Å². The maximum Gasteiger partial charge on any atom is 0.335 e. The molecule has 1 saturated carbocycles. The lowest BCUT2D eigenvalue weighted by atomic mass is 10.1. The summed E-state index contributed by atoms with van der Waals surface area (Å²) in [5, 5.41) is 11.8. The summed E-state index contributed by atoms with van der Waals surface area (Å²) in [6.07, 6.45) is 2.34. The Balaban J connectivity index is 1.44. The minimum absolute atomic E-state index is 0.0687. The van der Waals surface area contributed by atoms with Gasteiger partial charge in [0.1, 0.15) is 0 Å². The number of hydrogen-bond acceptors (Lipinski definition) is 3. The van der Waals surface area contributed by atoms with Gasteiger partial charge in [-0.25, -0.2) is 4.79 Å². The predicted octanol–water partition coefficient (Wildman–Crippen LogP) is 1.44. The second-order valence-electron chi connectivity index (χ2n) is 6.80. The Kier molecular flexibility index (Phi) is 4.55. The lowest BCUT2D eigenvalue weighted by Crippen LogP contribution is -2.37. The van der Waals surface area contributed by atoms with Crippen molar-refractivity contribution < 1.29 is 19.5 Å². The fraction of sp³-hybridized carbons (Fsp3) is 0.500. The molecule has 1 heterocycles. The first kappa shape index (κ1) is 16.5. The Bertz CT molecular complexity index is 655. The fourth-order valence-corrected chi connectivity index (χ4v) is 3.26. The van der Waals surface area contributed by atoms with Crippen molar-refractivity contribution in [1.29, 1.82) is 0 Å². The Morgan fingerprint density at radius 2 is 1.96 bits per heavy atom. The molecule has 1 saturated heterocycles. The van der Waals surface area contributed by atoms with Crippen molar-refractivity contribution in [2.75, 3.05) is 6.54 Å². The summed E-state index contributed by atoms with van der Waals surface area (Å²) in [5.41, 5.74) is 1.16. The molecule has 2 fully saturated rings. The summed E-state index contributed by atoms with van der Waals surface area (Å²) in [7, 11) is 0. The average Bonchev–Trinajstić information content (AvgIpc) is 3.15. The minimum Gasteiger partial charge on any atom is -0.478 e. The Labute approximate surface area is 140 Å². The molecule has 128 valence electrons. The van der Waals surface area contributed by atoms with Crippen molar-refractivity contribution in [2.24, 2.45) is 5.92 Å². The number of nitrogens with one attached hydrogen (secondary N) is 1. The fourth-order valence-electron chi connectivity index (χ4n) is 3.26. The zero-order chi connectivity index (χ0) is 17.3. The molecule has 6 heteroatoms. The van der Waals surface area contributed by atoms with Crippen molar-refractivity contribution in [1.82, 2.24) is 10.2 Å². The van der Waals surface area contributed by atoms with E-state index in [1.165, 1.54) is 0 Å². The van der Waals surface area contributed by atoms with Crippen molar-refractivity contribution in [3.63, 3.8) is 0 Å². The van der Waals surface area contributed by atoms with E-state index in [0.717, 1.165) is 12.0 Å². The molecule has 2 aliphatic rings. The standard InChI is InChI=1S/C18H22N2O4/c1-11-8-15(11)20-10-14(9-17(20)22)19-16(21)7-4-12-2-5-13(6-3-12)18(23)24/h2-3,5-6,11,14-15H,4,7-10H2,1H3,(H,19,21)(H,23,24)/t11-,14-,15-/m1/s1. The minimum atomic E-state index is -0.959. The van der Waals surface area contributed by atoms with E-state index in [4.69, 9.17) is 5.11 Å². The Morgan fingerprint density at radius 1 is 1.29 bits per heavy atom. The molecule has 1 aliphatic carbocycles. The van der Waals surface area contributed by atoms with Gasteiger partial charge in [-0.05, 0) is 36.5 Å². The van der Waals surface area contributed by atoms with Crippen LogP contribution in [0.5, 0.6) is 0 Å². The molecule has 2 amide bonds. The van der Waals surface area contributed by atoms with Gasteiger partial charge in [-0.15, -0.1) is 0 Å². The molecule has 0 aromatic heterocycles. The van der Waals surface area contributed by atoms with Gasteiger partial charge in [0.05, 0.1) is 11.6 Å². The number of amides is 2. The van der Waals surface area contributed by atoms with Gasteiger partial charge in [-0.3, -0.25) is 9.59 Å². The molecule has 0 unspecified atom stereocenters. The summed E-state index contributed by atoms with van der Waals surface area (Å²) in [6.45, 7) is 2.76. The third-order valence-electron chi connectivity index (χ3n) is 4.83. The molecule has 1 aromatic rings. The van der Waals surface area contributed by atoms with E-state index in [-0.39, 0.29) is 23.4 Å². The lowest BCUT2D eigenvalue weighted by molar-refractivity contribution is -0.128. The normalized spacial score (nSPS) is 25.6. The molecule has 6 nitrogen and oxygen atoms in total. The monoisotopic (exact) mass is 330 g/mol. The average molecular weight is 330 g/mol. The highest BCUT2D eigenvalue weighted by atomic mass is 16.4. The van der Waals surface area contributed by atoms with Crippen molar-refractivity contribution in [3.05, 3.63) is 35.4 Å². The highest BCUT2D eigenvalue weighted by Crippen LogP contribution is 2.37. The van der Waals surface area contributed by atoms with E-state index in [1.807, 2.05) is 4.90 Å². The maximum absolute atomic E-state index is 12.1. The van der Waals surface area contributed by atoms with E-state index < -0.39 is 5.97 Å². The van der Waals surface area contributed by atoms with Crippen LogP contribution in [0.3, 0.4) is 0 Å². The van der Waals surface area contributed by atoms with Crippen molar-refractivity contribution in [3.8, 4) is 0 Å². The number of carbonyl (C=O) groups excluding carboxylic acids is 2. The third kappa shape index (κ3) is 3.75. The summed E-state index contributed by atoms with van der Waals surface area (Å²) < 4.78 is 0. The summed E-state index contributed by atoms with van der Waals surface area (Å²) in [6, 6.07) is 6.82. The van der Waals surface area contributed by atoms with Crippen LogP contribution in [0.15, 0.2) is 24.3 Å². The number of rotatable bonds is 6. The molecule has 0 spiro atoms. The van der Waals surface area contributed by atoms with Gasteiger partial charge in [-0.2, -0.15) is 0 Å². The van der Waals surface area contributed by atoms with E-state index in [1.54, 1.807) is 24.3 Å². The number of benzene rings is 1. The second-order valence-corrected chi connectivity index (χ2v) is 6.80. The molecule has 1 aromatic carbocycles. The highest BCUT2D eigenvalue weighted by molar-refractivity contribution is 5.87. The molecule has 3 atom stereocenters. The quantitative estimate of drug-likeness (QED) is 0.826. The van der Waals surface area contributed by atoms with E-state index in [2.05, 4.69) is 12.2 Å². The van der Waals surface area contributed by atoms with Gasteiger partial charge in [0.2, 0.25) is 11.8 Å². The topological polar surface area (TPSA) is 86.7 Å². The number of likely N-dealkylation sites (tertiary alicyclic amines) is 1. The number of nitrogens with zero attached hydrogens (tertiary/aromatic N) is 1. The van der Waals surface area contributed by atoms with Crippen LogP contribution in [0.25, 0.3) is 0 Å². The number of carbonyl (C=O) groups is 3. The maximum atomic E-state index is 12.1. The van der Waals surface area contributed by atoms with Crippen LogP contribution in [0.1, 0.15) is 42.1 Å². The Morgan fingerprint density at radius 3 is 2.54 bits per heavy atom. The zero-order valence-corrected chi connectivity index (χ0v) is 13.7. The summed E-state index contributed by atoms with van der Waals surface area (Å²) in [4.78, 5) is 36.8. The van der Waals surface area contributed by atoms with Crippen LogP contribution in [0, 0.1) is 5.92 Å². The van der Waals surface area contributed by atoms with Crippen molar-refractivity contribution >= 4 is 17.8 Å². The van der Waals surface area contributed by atoms with Crippen LogP contribution < -0.4 is 5.32 Å². The van der Waals surface area contributed by atoms with Gasteiger partial charge in [0, 0.05) is 25.4 Å². The molecular weight excluding hydrogens is 308 g/mol. The molecule has 24 heavy (non-hydrogen) atoms. The molecular formula is C18H22N2O4. The third-order valence-corrected chi connectivity index (χ3v) is 4.83. The highest BCUT2D eigenvalue weighted by Gasteiger charge is 2.44. The number of carboxylic acids is 1. The van der Waals surface area contributed by atoms with Gasteiger partial charge in [-0.1, -0.05) is 19.1 Å². The van der Waals surface area contributed by atoms with E-state index >= 15 is 0 Å². The largest absolute Gasteiger partial charge is 0.478 e. The molecule has 0 bridgehead atoms. The molecule has 2 N–H and O–H groups in total. The summed E-state index contributed by atoms with van der Waals surface area (Å²) >= 11 is 0. The van der Waals surface area contributed by atoms with Crippen molar-refractivity contribution in [2.45, 2.75) is 44.7 Å². The van der Waals surface area contributed by atoms with Gasteiger partial charge < -0.3 is 15.3 Å². The molecule has 3 rings (SSSR count). The first-order chi connectivity index (χ1) is 11.4. The van der Waals surface area contributed by atoms with Crippen LogP contribution in [0.4, 0.5) is 0 Å². The smallest absolute Gasteiger partial charge is 0.335 e. The summed E-state index contributed by atoms with van der Waals surface area (Å²) in [5.74, 6) is -0.309. The number of hydrogen-bond donors (Lipinski definition) is 2. The first-order valence-electron chi connectivity index (χ1n) is 8.35. The SMILES string of the molecule is C[C@@H]1C[C@H]1N1C[C@H](NC(=O)CCc2ccc(C(=O)O)cc2)CC1=O. The number of aryl methyl sites for hydroxylation is 1. The first-order valence-corrected chi connectivity index (χ1v) is 8.35. The Hall–Kier alpha value is -2.37. The predicted molar refractivity (Wildman–Crippen MR) is 87.6 cm³/mol. The van der Waals surface area contributed by atoms with Crippen LogP contribution >= 0.6 is 0 Å². The number of aromatic carboxylic acids is 1.